The van der Waals surface area contributed by atoms with Crippen molar-refractivity contribution < 1.29 is 4.74 Å². The predicted octanol–water partition coefficient (Wildman–Crippen LogP) is 2.51. The van der Waals surface area contributed by atoms with Crippen LogP contribution in [0.5, 0.6) is 0 Å². The van der Waals surface area contributed by atoms with Crippen molar-refractivity contribution in [2.75, 3.05) is 39.4 Å². The first-order chi connectivity index (χ1) is 8.76. The molecule has 1 atom stereocenters. The van der Waals surface area contributed by atoms with E-state index in [4.69, 9.17) is 4.74 Å². The van der Waals surface area contributed by atoms with Gasteiger partial charge in [-0.1, -0.05) is 13.8 Å². The summed E-state index contributed by atoms with van der Waals surface area (Å²) in [5.41, 5.74) is 0. The maximum atomic E-state index is 5.39. The molecule has 0 aromatic heterocycles. The Morgan fingerprint density at radius 2 is 1.89 bits per heavy atom. The van der Waals surface area contributed by atoms with Gasteiger partial charge in [0, 0.05) is 19.3 Å². The highest BCUT2D eigenvalue weighted by Crippen LogP contribution is 2.13. The fraction of sp³-hybridized carbons (Fsp3) is 1.00. The lowest BCUT2D eigenvalue weighted by Crippen LogP contribution is -2.34. The highest BCUT2D eigenvalue weighted by molar-refractivity contribution is 4.69. The Labute approximate surface area is 113 Å². The smallest absolute Gasteiger partial charge is 0.0469 e. The summed E-state index contributed by atoms with van der Waals surface area (Å²) in [6.45, 7) is 13.5. The van der Waals surface area contributed by atoms with Crippen molar-refractivity contribution in [3.63, 3.8) is 0 Å². The minimum Gasteiger partial charge on any atom is -0.381 e. The topological polar surface area (TPSA) is 24.5 Å². The molecular weight excluding hydrogens is 224 g/mol. The predicted molar refractivity (Wildman–Crippen MR) is 78.0 cm³/mol. The second-order valence-corrected chi connectivity index (χ2v) is 5.53. The second-order valence-electron chi connectivity index (χ2n) is 5.53. The molecule has 1 rings (SSSR count). The monoisotopic (exact) mass is 256 g/mol. The number of hydrogen-bond donors (Lipinski definition) is 1. The van der Waals surface area contributed by atoms with Gasteiger partial charge in [0.15, 0.2) is 0 Å². The van der Waals surface area contributed by atoms with Gasteiger partial charge in [-0.05, 0) is 64.7 Å². The molecule has 18 heavy (non-hydrogen) atoms. The lowest BCUT2D eigenvalue weighted by atomic mass is 10.00. The number of nitrogens with zero attached hydrogens (tertiary/aromatic N) is 1. The lowest BCUT2D eigenvalue weighted by Gasteiger charge is -2.25. The SMILES string of the molecule is CCN(CC)CCCC(C)NCC1CCOCC1. The highest BCUT2D eigenvalue weighted by Gasteiger charge is 2.14. The Bertz CT molecular complexity index is 189. The van der Waals surface area contributed by atoms with Crippen LogP contribution >= 0.6 is 0 Å². The van der Waals surface area contributed by atoms with Crippen LogP contribution in [0.15, 0.2) is 0 Å². The van der Waals surface area contributed by atoms with Crippen molar-refractivity contribution in [1.29, 1.82) is 0 Å². The Balaban J connectivity index is 2.00. The molecule has 1 aliphatic rings. The van der Waals surface area contributed by atoms with E-state index in [0.717, 1.165) is 19.1 Å². The van der Waals surface area contributed by atoms with Gasteiger partial charge < -0.3 is 15.0 Å². The van der Waals surface area contributed by atoms with Crippen LogP contribution in [-0.4, -0.2) is 50.3 Å². The van der Waals surface area contributed by atoms with Gasteiger partial charge in [0.05, 0.1) is 0 Å². The van der Waals surface area contributed by atoms with Crippen molar-refractivity contribution in [3.8, 4) is 0 Å². The van der Waals surface area contributed by atoms with Crippen molar-refractivity contribution in [2.24, 2.45) is 5.92 Å². The van der Waals surface area contributed by atoms with Gasteiger partial charge in [0.1, 0.15) is 0 Å². The molecule has 1 N–H and O–H groups in total. The molecule has 0 amide bonds. The molecule has 0 radical (unpaired) electrons. The van der Waals surface area contributed by atoms with E-state index >= 15 is 0 Å². The van der Waals surface area contributed by atoms with E-state index in [1.807, 2.05) is 0 Å². The first-order valence-corrected chi connectivity index (χ1v) is 7.79. The third-order valence-electron chi connectivity index (χ3n) is 4.10. The molecule has 1 heterocycles. The summed E-state index contributed by atoms with van der Waals surface area (Å²) in [5.74, 6) is 0.837. The molecule has 3 heteroatoms. The fourth-order valence-corrected chi connectivity index (χ4v) is 2.58. The fourth-order valence-electron chi connectivity index (χ4n) is 2.58. The molecule has 1 saturated heterocycles. The van der Waals surface area contributed by atoms with Crippen molar-refractivity contribution in [3.05, 3.63) is 0 Å². The Morgan fingerprint density at radius 1 is 1.22 bits per heavy atom. The first-order valence-electron chi connectivity index (χ1n) is 7.79. The van der Waals surface area contributed by atoms with Gasteiger partial charge in [-0.3, -0.25) is 0 Å². The van der Waals surface area contributed by atoms with E-state index in [2.05, 4.69) is 31.0 Å². The summed E-state index contributed by atoms with van der Waals surface area (Å²) >= 11 is 0. The Morgan fingerprint density at radius 3 is 2.50 bits per heavy atom. The molecular formula is C15H32N2O. The van der Waals surface area contributed by atoms with Crippen LogP contribution in [0.25, 0.3) is 0 Å². The number of ether oxygens (including phenoxy) is 1. The zero-order chi connectivity index (χ0) is 13.2. The van der Waals surface area contributed by atoms with E-state index in [-0.39, 0.29) is 0 Å². The minimum atomic E-state index is 0.656. The van der Waals surface area contributed by atoms with E-state index in [1.165, 1.54) is 51.9 Å². The van der Waals surface area contributed by atoms with Gasteiger partial charge in [-0.25, -0.2) is 0 Å². The third-order valence-corrected chi connectivity index (χ3v) is 4.10. The summed E-state index contributed by atoms with van der Waals surface area (Å²) in [6, 6.07) is 0.656. The van der Waals surface area contributed by atoms with Crippen LogP contribution < -0.4 is 5.32 Å². The number of nitrogens with one attached hydrogen (secondary N) is 1. The Kier molecular flexibility index (Phi) is 8.64. The molecule has 3 nitrogen and oxygen atoms in total. The van der Waals surface area contributed by atoms with E-state index in [0.29, 0.717) is 6.04 Å². The molecule has 0 saturated carbocycles. The lowest BCUT2D eigenvalue weighted by molar-refractivity contribution is 0.0655. The van der Waals surface area contributed by atoms with E-state index < -0.39 is 0 Å². The number of rotatable bonds is 9. The largest absolute Gasteiger partial charge is 0.381 e. The van der Waals surface area contributed by atoms with Gasteiger partial charge >= 0.3 is 0 Å². The number of hydrogen-bond acceptors (Lipinski definition) is 3. The molecule has 1 unspecified atom stereocenters. The summed E-state index contributed by atoms with van der Waals surface area (Å²) in [6.07, 6.45) is 5.07. The second kappa shape index (κ2) is 9.76. The van der Waals surface area contributed by atoms with Crippen molar-refractivity contribution in [2.45, 2.75) is 52.5 Å². The summed E-state index contributed by atoms with van der Waals surface area (Å²) in [5, 5.41) is 3.69. The van der Waals surface area contributed by atoms with E-state index in [1.54, 1.807) is 0 Å². The molecule has 0 aromatic rings. The van der Waals surface area contributed by atoms with E-state index in [9.17, 15) is 0 Å². The van der Waals surface area contributed by atoms with Gasteiger partial charge in [-0.2, -0.15) is 0 Å². The zero-order valence-electron chi connectivity index (χ0n) is 12.6. The van der Waals surface area contributed by atoms with Gasteiger partial charge in [0.25, 0.3) is 0 Å². The minimum absolute atomic E-state index is 0.656. The molecule has 0 spiro atoms. The Hall–Kier alpha value is -0.120. The van der Waals surface area contributed by atoms with Gasteiger partial charge in [0.2, 0.25) is 0 Å². The molecule has 1 aliphatic heterocycles. The average Bonchev–Trinajstić information content (AvgIpc) is 2.42. The van der Waals surface area contributed by atoms with Crippen LogP contribution in [0.1, 0.15) is 46.5 Å². The van der Waals surface area contributed by atoms with Gasteiger partial charge in [-0.15, -0.1) is 0 Å². The zero-order valence-corrected chi connectivity index (χ0v) is 12.6. The molecule has 108 valence electrons. The maximum absolute atomic E-state index is 5.39. The van der Waals surface area contributed by atoms with Crippen LogP contribution in [0.4, 0.5) is 0 Å². The van der Waals surface area contributed by atoms with Crippen LogP contribution in [0, 0.1) is 5.92 Å². The maximum Gasteiger partial charge on any atom is 0.0469 e. The highest BCUT2D eigenvalue weighted by atomic mass is 16.5. The quantitative estimate of drug-likeness (QED) is 0.686. The van der Waals surface area contributed by atoms with Crippen molar-refractivity contribution in [1.82, 2.24) is 10.2 Å². The van der Waals surface area contributed by atoms with Crippen LogP contribution in [-0.2, 0) is 4.74 Å². The summed E-state index contributed by atoms with van der Waals surface area (Å²) < 4.78 is 5.39. The first kappa shape index (κ1) is 15.9. The molecule has 0 aliphatic carbocycles. The van der Waals surface area contributed by atoms with Crippen LogP contribution in [0.2, 0.25) is 0 Å². The van der Waals surface area contributed by atoms with Crippen LogP contribution in [0.3, 0.4) is 0 Å². The molecule has 0 bridgehead atoms. The molecule has 1 fully saturated rings. The summed E-state index contributed by atoms with van der Waals surface area (Å²) in [4.78, 5) is 2.51. The summed E-state index contributed by atoms with van der Waals surface area (Å²) in [7, 11) is 0. The third kappa shape index (κ3) is 6.72. The van der Waals surface area contributed by atoms with Crippen molar-refractivity contribution >= 4 is 0 Å². The average molecular weight is 256 g/mol. The normalized spacial score (nSPS) is 19.3. The molecule has 0 aromatic carbocycles. The standard InChI is InChI=1S/C15H32N2O/c1-4-17(5-2)10-6-7-14(3)16-13-15-8-11-18-12-9-15/h14-16H,4-13H2,1-3H3.